The molecule has 0 amide bonds. The van der Waals surface area contributed by atoms with Gasteiger partial charge < -0.3 is 22.8 Å². The Hall–Kier alpha value is 0.208. The van der Waals surface area contributed by atoms with Crippen LogP contribution in [0.5, 0.6) is 0 Å². The molecule has 5 heavy (non-hydrogen) atoms. The second-order valence-corrected chi connectivity index (χ2v) is 0. The van der Waals surface area contributed by atoms with Crippen molar-refractivity contribution < 1.29 is 21.1 Å². The zero-order valence-electron chi connectivity index (χ0n) is 2.33. The molecular formula is H4N3OPt-3. The molecule has 0 spiro atoms. The minimum absolute atomic E-state index is 0. The molecule has 4 N–H and O–H groups in total. The van der Waals surface area contributed by atoms with E-state index >= 15 is 0 Å². The fourth-order valence-electron chi connectivity index (χ4n) is 0. The maximum absolute atomic E-state index is 7.25. The topological polar surface area (TPSA) is 106 Å². The summed E-state index contributed by atoms with van der Waals surface area (Å²) in [6.45, 7) is 0. The van der Waals surface area contributed by atoms with Crippen LogP contribution in [0.15, 0.2) is 0 Å². The monoisotopic (exact) mass is 257 g/mol. The van der Waals surface area contributed by atoms with Crippen molar-refractivity contribution in [3.8, 4) is 0 Å². The van der Waals surface area contributed by atoms with E-state index in [0.29, 0.717) is 0 Å². The van der Waals surface area contributed by atoms with E-state index in [-0.39, 0.29) is 33.4 Å². The van der Waals surface area contributed by atoms with Gasteiger partial charge in [-0.1, -0.05) is 0 Å². The van der Waals surface area contributed by atoms with Gasteiger partial charge in [0.15, 0.2) is 0 Å². The van der Waals surface area contributed by atoms with E-state index in [1.807, 2.05) is 0 Å². The Bertz CT molecular complexity index is 6.85. The summed E-state index contributed by atoms with van der Waals surface area (Å²) in [7, 11) is 0. The summed E-state index contributed by atoms with van der Waals surface area (Å²) < 4.78 is 0. The smallest absolute Gasteiger partial charge is 0 e. The summed E-state index contributed by atoms with van der Waals surface area (Å²) in [4.78, 5) is 7.25. The molecule has 0 aromatic rings. The molecule has 5 heteroatoms. The third-order valence-corrected chi connectivity index (χ3v) is 0. The van der Waals surface area contributed by atoms with Crippen molar-refractivity contribution in [3.05, 3.63) is 22.8 Å². The zero-order chi connectivity index (χ0) is 2.00. The quantitative estimate of drug-likeness (QED) is 0.647. The Morgan fingerprint density at radius 2 is 1.00 bits per heavy atom. The number of nitrogens with zero attached hydrogens (tertiary/aromatic N) is 1. The third kappa shape index (κ3) is 473. The molecule has 0 bridgehead atoms. The molecule has 0 aliphatic rings. The fraction of sp³-hybridized carbons (Fsp3) is 0. The van der Waals surface area contributed by atoms with Crippen LogP contribution in [0.1, 0.15) is 0 Å². The van der Waals surface area contributed by atoms with Crippen molar-refractivity contribution in [2.24, 2.45) is 0 Å². The summed E-state index contributed by atoms with van der Waals surface area (Å²) in [5, 5.41) is 0. The third-order valence-electron chi connectivity index (χ3n) is 0. The molecular weight excluding hydrogens is 253 g/mol. The molecule has 0 saturated heterocycles. The first-order valence-corrected chi connectivity index (χ1v) is 0.183. The van der Waals surface area contributed by atoms with Gasteiger partial charge in [-0.15, -0.1) is 0 Å². The minimum atomic E-state index is 0. The molecule has 38 valence electrons. The van der Waals surface area contributed by atoms with Crippen molar-refractivity contribution in [2.75, 3.05) is 0 Å². The molecule has 0 aromatic heterocycles. The largest absolute Gasteiger partial charge is 0.693 e. The summed E-state index contributed by atoms with van der Waals surface area (Å²) in [5.41, 5.74) is 5.75. The number of rotatable bonds is 0. The van der Waals surface area contributed by atoms with Crippen LogP contribution in [0.4, 0.5) is 0 Å². The van der Waals surface area contributed by atoms with Crippen molar-refractivity contribution in [3.63, 3.8) is 0 Å². The summed E-state index contributed by atoms with van der Waals surface area (Å²) >= 11 is 0. The van der Waals surface area contributed by atoms with Gasteiger partial charge in [0.05, 0.1) is 0 Å². The second kappa shape index (κ2) is 998. The number of hydrogen-bond acceptors (Lipinski definition) is 1. The molecule has 0 aliphatic heterocycles. The van der Waals surface area contributed by atoms with E-state index in [1.54, 1.807) is 0 Å². The van der Waals surface area contributed by atoms with Crippen LogP contribution in [0.2, 0.25) is 0 Å². The molecule has 0 heterocycles. The van der Waals surface area contributed by atoms with Gasteiger partial charge in [0.1, 0.15) is 0 Å². The average Bonchev–Trinajstić information content (AvgIpc) is 1.00. The Morgan fingerprint density at radius 3 is 1.00 bits per heavy atom. The van der Waals surface area contributed by atoms with E-state index in [0.717, 1.165) is 0 Å². The zero-order valence-corrected chi connectivity index (χ0v) is 4.60. The molecule has 0 rings (SSSR count). The fourth-order valence-corrected chi connectivity index (χ4v) is 0. The Labute approximate surface area is 44.5 Å². The van der Waals surface area contributed by atoms with E-state index in [4.69, 9.17) is 10.5 Å². The number of nitroso groups, excluding NO2 is 1. The average molecular weight is 257 g/mol. The van der Waals surface area contributed by atoms with Gasteiger partial charge in [0, 0.05) is 21.1 Å². The van der Waals surface area contributed by atoms with Crippen LogP contribution < -0.4 is 0 Å². The Kier molecular flexibility index (Phi) is 12600. The maximum atomic E-state index is 7.25. The molecule has 0 radical (unpaired) electrons. The van der Waals surface area contributed by atoms with Crippen molar-refractivity contribution in [1.82, 2.24) is 0 Å². The molecule has 4 nitrogen and oxygen atoms in total. The van der Waals surface area contributed by atoms with E-state index in [1.165, 1.54) is 0 Å². The van der Waals surface area contributed by atoms with Crippen LogP contribution in [0.3, 0.4) is 0 Å². The molecule has 0 atom stereocenters. The van der Waals surface area contributed by atoms with Gasteiger partial charge in [-0.05, 0) is 0 Å². The Balaban J connectivity index is -0.00000000167. The molecule has 0 fully saturated rings. The van der Waals surface area contributed by atoms with Crippen LogP contribution in [-0.2, 0) is 21.1 Å². The molecule has 0 unspecified atom stereocenters. The molecule has 0 aromatic carbocycles. The molecule has 0 aliphatic carbocycles. The van der Waals surface area contributed by atoms with E-state index < -0.39 is 0 Å². The predicted molar refractivity (Wildman–Crippen MR) is 17.3 cm³/mol. The van der Waals surface area contributed by atoms with Crippen LogP contribution in [-0.4, -0.2) is 0 Å². The van der Waals surface area contributed by atoms with Gasteiger partial charge in [-0.3, -0.25) is 0 Å². The van der Waals surface area contributed by atoms with Crippen LogP contribution in [0.25, 0.3) is 17.9 Å². The predicted octanol–water partition coefficient (Wildman–Crippen LogP) is 1.75. The first-order chi connectivity index (χ1) is 1.00. The summed E-state index contributed by atoms with van der Waals surface area (Å²) in [6, 6.07) is 0. The number of hydrogen-bond donors (Lipinski definition) is 0. The standard InChI is InChI=1S/NO.2H2N.Pt/c1-2;;;/h;2*1H2;/q3*-1;. The maximum Gasteiger partial charge on any atom is 0 e. The van der Waals surface area contributed by atoms with Gasteiger partial charge in [-0.2, -0.15) is 0 Å². The number of nitrogens with two attached hydrogens (primary N) is 2. The van der Waals surface area contributed by atoms with Gasteiger partial charge in [0.2, 0.25) is 0 Å². The normalized spacial score (nSPS) is 0.800. The Morgan fingerprint density at radius 1 is 1.00 bits per heavy atom. The SMILES string of the molecule is [N-]=O.[NH2-].[NH2-].[Pt]. The van der Waals surface area contributed by atoms with Crippen LogP contribution in [0, 0.1) is 4.91 Å². The molecule has 0 saturated carbocycles. The summed E-state index contributed by atoms with van der Waals surface area (Å²) in [6.07, 6.45) is 0. The summed E-state index contributed by atoms with van der Waals surface area (Å²) in [5.74, 6) is 0. The first-order valence-electron chi connectivity index (χ1n) is 0.183. The van der Waals surface area contributed by atoms with E-state index in [2.05, 4.69) is 0 Å². The van der Waals surface area contributed by atoms with Crippen molar-refractivity contribution >= 4 is 0 Å². The first kappa shape index (κ1) is 63.2. The van der Waals surface area contributed by atoms with Gasteiger partial charge >= 0.3 is 0 Å². The van der Waals surface area contributed by atoms with Crippen molar-refractivity contribution in [2.45, 2.75) is 0 Å². The minimum Gasteiger partial charge on any atom is -0.693 e. The van der Waals surface area contributed by atoms with Crippen LogP contribution >= 0.6 is 0 Å². The second-order valence-electron chi connectivity index (χ2n) is 0. The van der Waals surface area contributed by atoms with Crippen molar-refractivity contribution in [1.29, 1.82) is 0 Å². The van der Waals surface area contributed by atoms with Gasteiger partial charge in [-0.25, -0.2) is 0 Å². The van der Waals surface area contributed by atoms with E-state index in [9.17, 15) is 0 Å². The van der Waals surface area contributed by atoms with Gasteiger partial charge in [0.25, 0.3) is 0 Å².